The summed E-state index contributed by atoms with van der Waals surface area (Å²) in [5.41, 5.74) is 0.430. The second-order valence-corrected chi connectivity index (χ2v) is 9.99. The van der Waals surface area contributed by atoms with Crippen molar-refractivity contribution in [3.05, 3.63) is 76.4 Å². The molecule has 6 nitrogen and oxygen atoms in total. The van der Waals surface area contributed by atoms with Crippen molar-refractivity contribution < 1.29 is 17.6 Å². The third kappa shape index (κ3) is 4.95. The molecular weight excluding hydrogens is 408 g/mol. The molecule has 1 aromatic carbocycles. The van der Waals surface area contributed by atoms with Crippen molar-refractivity contribution in [1.82, 2.24) is 9.21 Å². The Morgan fingerprint density at radius 3 is 2.34 bits per heavy atom. The maximum atomic E-state index is 13.1. The van der Waals surface area contributed by atoms with E-state index in [-0.39, 0.29) is 16.8 Å². The molecule has 0 saturated heterocycles. The molecule has 29 heavy (non-hydrogen) atoms. The van der Waals surface area contributed by atoms with E-state index in [1.165, 1.54) is 16.4 Å². The number of nitrogens with zero attached hydrogens (tertiary/aromatic N) is 2. The summed E-state index contributed by atoms with van der Waals surface area (Å²) >= 11 is 1.58. The third-order valence-electron chi connectivity index (χ3n) is 4.65. The summed E-state index contributed by atoms with van der Waals surface area (Å²) in [5.74, 6) is 0.503. The van der Waals surface area contributed by atoms with Gasteiger partial charge in [-0.2, -0.15) is 4.31 Å². The first-order valence-electron chi connectivity index (χ1n) is 9.21. The van der Waals surface area contributed by atoms with Crippen LogP contribution in [0.3, 0.4) is 0 Å². The Labute approximate surface area is 175 Å². The lowest BCUT2D eigenvalue weighted by atomic mass is 10.2. The van der Waals surface area contributed by atoms with Crippen LogP contribution in [-0.2, 0) is 23.1 Å². The lowest BCUT2D eigenvalue weighted by molar-refractivity contribution is 0.0719. The fourth-order valence-corrected chi connectivity index (χ4v) is 4.86. The van der Waals surface area contributed by atoms with Gasteiger partial charge in [-0.05, 0) is 61.7 Å². The van der Waals surface area contributed by atoms with E-state index >= 15 is 0 Å². The molecule has 1 amide bonds. The minimum Gasteiger partial charge on any atom is -0.467 e. The Bertz CT molecular complexity index is 989. The highest BCUT2D eigenvalue weighted by Gasteiger charge is 2.24. The number of amides is 1. The molecule has 2 aromatic heterocycles. The predicted molar refractivity (Wildman–Crippen MR) is 113 cm³/mol. The highest BCUT2D eigenvalue weighted by atomic mass is 32.2. The molecule has 154 valence electrons. The van der Waals surface area contributed by atoms with Gasteiger partial charge in [0, 0.05) is 23.5 Å². The summed E-state index contributed by atoms with van der Waals surface area (Å²) < 4.78 is 32.0. The minimum absolute atomic E-state index is 0.157. The van der Waals surface area contributed by atoms with Crippen LogP contribution >= 0.6 is 11.3 Å². The van der Waals surface area contributed by atoms with Gasteiger partial charge in [0.2, 0.25) is 10.0 Å². The number of furan rings is 1. The minimum atomic E-state index is -3.59. The molecule has 0 aliphatic rings. The monoisotopic (exact) mass is 432 g/mol. The van der Waals surface area contributed by atoms with Crippen LogP contribution in [0.4, 0.5) is 0 Å². The maximum Gasteiger partial charge on any atom is 0.254 e. The Morgan fingerprint density at radius 1 is 1.07 bits per heavy atom. The largest absolute Gasteiger partial charge is 0.467 e. The normalized spacial score (nSPS) is 11.9. The van der Waals surface area contributed by atoms with E-state index in [0.29, 0.717) is 24.4 Å². The zero-order valence-electron chi connectivity index (χ0n) is 16.6. The number of carbonyl (C=O) groups is 1. The van der Waals surface area contributed by atoms with Crippen LogP contribution in [-0.4, -0.2) is 36.6 Å². The second kappa shape index (κ2) is 8.94. The van der Waals surface area contributed by atoms with Crippen molar-refractivity contribution in [2.75, 3.05) is 7.05 Å². The molecule has 0 N–H and O–H groups in total. The van der Waals surface area contributed by atoms with E-state index < -0.39 is 10.0 Å². The molecular formula is C21H24N2O4S2. The van der Waals surface area contributed by atoms with Crippen molar-refractivity contribution >= 4 is 27.3 Å². The fraction of sp³-hybridized carbons (Fsp3) is 0.286. The van der Waals surface area contributed by atoms with Crippen LogP contribution in [0.15, 0.2) is 69.5 Å². The lowest BCUT2D eigenvalue weighted by Gasteiger charge is -2.22. The fourth-order valence-electron chi connectivity index (χ4n) is 2.78. The van der Waals surface area contributed by atoms with Crippen molar-refractivity contribution in [3.63, 3.8) is 0 Å². The van der Waals surface area contributed by atoms with Crippen LogP contribution < -0.4 is 0 Å². The summed E-state index contributed by atoms with van der Waals surface area (Å²) in [4.78, 5) is 16.0. The van der Waals surface area contributed by atoms with Gasteiger partial charge in [0.15, 0.2) is 0 Å². The molecule has 2 heterocycles. The third-order valence-corrected chi connectivity index (χ3v) is 7.56. The molecule has 3 aromatic rings. The SMILES string of the molecule is CC(C)N(C)S(=O)(=O)c1ccc(C(=O)N(Cc2ccco2)Cc2cccs2)cc1. The van der Waals surface area contributed by atoms with Gasteiger partial charge in [-0.1, -0.05) is 6.07 Å². The lowest BCUT2D eigenvalue weighted by Crippen LogP contribution is -2.33. The zero-order chi connectivity index (χ0) is 21.0. The van der Waals surface area contributed by atoms with Gasteiger partial charge in [-0.15, -0.1) is 11.3 Å². The van der Waals surface area contributed by atoms with E-state index in [9.17, 15) is 13.2 Å². The van der Waals surface area contributed by atoms with Crippen LogP contribution in [0.25, 0.3) is 0 Å². The number of rotatable bonds is 8. The molecule has 0 fully saturated rings. The summed E-state index contributed by atoms with van der Waals surface area (Å²) in [6.07, 6.45) is 1.58. The van der Waals surface area contributed by atoms with Gasteiger partial charge in [-0.25, -0.2) is 8.42 Å². The van der Waals surface area contributed by atoms with Crippen molar-refractivity contribution in [2.45, 2.75) is 37.9 Å². The Hall–Kier alpha value is -2.42. The first-order chi connectivity index (χ1) is 13.8. The molecule has 0 aliphatic heterocycles. The highest BCUT2D eigenvalue weighted by Crippen LogP contribution is 2.20. The standard InChI is InChI=1S/C21H24N2O4S2/c1-16(2)22(3)29(25,26)20-10-8-17(9-11-20)21(24)23(14-18-6-4-12-27-18)15-19-7-5-13-28-19/h4-13,16H,14-15H2,1-3H3. The second-order valence-electron chi connectivity index (χ2n) is 6.96. The van der Waals surface area contributed by atoms with E-state index in [2.05, 4.69) is 0 Å². The van der Waals surface area contributed by atoms with E-state index in [1.54, 1.807) is 47.7 Å². The Balaban J connectivity index is 1.83. The molecule has 8 heteroatoms. The van der Waals surface area contributed by atoms with Crippen LogP contribution in [0.5, 0.6) is 0 Å². The molecule has 3 rings (SSSR count). The van der Waals surface area contributed by atoms with Gasteiger partial charge in [0.1, 0.15) is 5.76 Å². The van der Waals surface area contributed by atoms with Crippen LogP contribution in [0, 0.1) is 0 Å². The number of sulfonamides is 1. The zero-order valence-corrected chi connectivity index (χ0v) is 18.2. The first kappa shape index (κ1) is 21.3. The molecule has 0 radical (unpaired) electrons. The Morgan fingerprint density at radius 2 is 1.79 bits per heavy atom. The number of hydrogen-bond donors (Lipinski definition) is 0. The topological polar surface area (TPSA) is 70.8 Å². The number of hydrogen-bond acceptors (Lipinski definition) is 5. The molecule has 0 unspecified atom stereocenters. The van der Waals surface area contributed by atoms with Crippen LogP contribution in [0.1, 0.15) is 34.8 Å². The van der Waals surface area contributed by atoms with Gasteiger partial charge in [0.25, 0.3) is 5.91 Å². The van der Waals surface area contributed by atoms with Gasteiger partial charge >= 0.3 is 0 Å². The summed E-state index contributed by atoms with van der Waals surface area (Å²) in [7, 11) is -2.04. The summed E-state index contributed by atoms with van der Waals surface area (Å²) in [5, 5.41) is 1.97. The van der Waals surface area contributed by atoms with E-state index in [0.717, 1.165) is 4.88 Å². The van der Waals surface area contributed by atoms with Gasteiger partial charge < -0.3 is 9.32 Å². The van der Waals surface area contributed by atoms with E-state index in [4.69, 9.17) is 4.42 Å². The average Bonchev–Trinajstić information content (AvgIpc) is 3.40. The Kier molecular flexibility index (Phi) is 6.56. The molecule has 0 bridgehead atoms. The quantitative estimate of drug-likeness (QED) is 0.535. The first-order valence-corrected chi connectivity index (χ1v) is 11.5. The van der Waals surface area contributed by atoms with E-state index in [1.807, 2.05) is 37.4 Å². The number of carbonyl (C=O) groups excluding carboxylic acids is 1. The molecule has 0 atom stereocenters. The van der Waals surface area contributed by atoms with Crippen molar-refractivity contribution in [2.24, 2.45) is 0 Å². The molecule has 0 spiro atoms. The smallest absolute Gasteiger partial charge is 0.254 e. The van der Waals surface area contributed by atoms with Gasteiger partial charge in [-0.3, -0.25) is 4.79 Å². The maximum absolute atomic E-state index is 13.1. The highest BCUT2D eigenvalue weighted by molar-refractivity contribution is 7.89. The van der Waals surface area contributed by atoms with Crippen LogP contribution in [0.2, 0.25) is 0 Å². The summed E-state index contributed by atoms with van der Waals surface area (Å²) in [6.45, 7) is 4.41. The average molecular weight is 433 g/mol. The number of benzene rings is 1. The molecule has 0 saturated carbocycles. The predicted octanol–water partition coefficient (Wildman–Crippen LogP) is 4.21. The summed E-state index contributed by atoms with van der Waals surface area (Å²) in [6, 6.07) is 13.5. The van der Waals surface area contributed by atoms with Crippen molar-refractivity contribution in [3.8, 4) is 0 Å². The number of thiophene rings is 1. The van der Waals surface area contributed by atoms with Crippen molar-refractivity contribution in [1.29, 1.82) is 0 Å². The molecule has 0 aliphatic carbocycles. The van der Waals surface area contributed by atoms with Gasteiger partial charge in [0.05, 0.1) is 24.2 Å².